The highest BCUT2D eigenvalue weighted by Crippen LogP contribution is 2.64. The summed E-state index contributed by atoms with van der Waals surface area (Å²) in [6, 6.07) is 7.12. The first kappa shape index (κ1) is 22.4. The van der Waals surface area contributed by atoms with Gasteiger partial charge >= 0.3 is 0 Å². The van der Waals surface area contributed by atoms with Gasteiger partial charge in [-0.05, 0) is 79.4 Å². The second-order valence-corrected chi connectivity index (χ2v) is 13.2. The molecule has 0 aromatic heterocycles. The Kier molecular flexibility index (Phi) is 5.31. The van der Waals surface area contributed by atoms with Gasteiger partial charge in [0.05, 0.1) is 12.3 Å². The normalized spacial score (nSPS) is 39.2. The molecule has 174 valence electrons. The van der Waals surface area contributed by atoms with Crippen LogP contribution in [0.15, 0.2) is 30.3 Å². The molecule has 32 heavy (non-hydrogen) atoms. The van der Waals surface area contributed by atoms with Crippen molar-refractivity contribution < 1.29 is 13.2 Å². The van der Waals surface area contributed by atoms with Crippen LogP contribution in [0.25, 0.3) is 5.57 Å². The van der Waals surface area contributed by atoms with Crippen molar-refractivity contribution in [3.63, 3.8) is 0 Å². The van der Waals surface area contributed by atoms with Crippen LogP contribution in [-0.4, -0.2) is 31.6 Å². The molecular formula is C25H33ClN2O3S. The predicted molar refractivity (Wildman–Crippen MR) is 127 cm³/mol. The van der Waals surface area contributed by atoms with E-state index in [4.69, 9.17) is 11.6 Å². The summed E-state index contributed by atoms with van der Waals surface area (Å²) in [4.78, 5) is 16.2. The van der Waals surface area contributed by atoms with E-state index in [9.17, 15) is 13.2 Å². The maximum atomic E-state index is 13.6. The lowest BCUT2D eigenvalue weighted by molar-refractivity contribution is -0.142. The van der Waals surface area contributed by atoms with Crippen molar-refractivity contribution in [1.82, 2.24) is 9.84 Å². The number of nitrogens with one attached hydrogen (secondary N) is 1. The molecule has 4 aliphatic rings. The Balaban J connectivity index is 1.62. The van der Waals surface area contributed by atoms with Gasteiger partial charge in [-0.25, -0.2) is 8.42 Å². The van der Waals surface area contributed by atoms with Crippen molar-refractivity contribution in [3.05, 3.63) is 40.9 Å². The number of hydrazine groups is 1. The number of hydrogen-bond donors (Lipinski definition) is 1. The number of fused-ring (bicyclic) bond motifs is 5. The molecule has 1 aliphatic heterocycles. The fraction of sp³-hybridized carbons (Fsp3) is 0.640. The SMILES string of the molecule is C[C@@]12CCC[C@H]1[C@@H]1CCC3N(NS(C)(=O)=O)C(=O)C(c4cccc(Cl)c4)=C[C@]3(C)[C@@H]1CC2. The van der Waals surface area contributed by atoms with Crippen molar-refractivity contribution in [2.24, 2.45) is 28.6 Å². The van der Waals surface area contributed by atoms with Gasteiger partial charge in [0.25, 0.3) is 5.91 Å². The summed E-state index contributed by atoms with van der Waals surface area (Å²) in [5.74, 6) is 1.50. The molecule has 1 aromatic rings. The van der Waals surface area contributed by atoms with E-state index < -0.39 is 10.0 Å². The van der Waals surface area contributed by atoms with Crippen molar-refractivity contribution in [3.8, 4) is 0 Å². The minimum Gasteiger partial charge on any atom is -0.268 e. The fourth-order valence-electron chi connectivity index (χ4n) is 7.76. The summed E-state index contributed by atoms with van der Waals surface area (Å²) in [5.41, 5.74) is 1.43. The maximum absolute atomic E-state index is 13.6. The van der Waals surface area contributed by atoms with E-state index in [0.29, 0.717) is 27.8 Å². The Labute approximate surface area is 196 Å². The van der Waals surface area contributed by atoms with Gasteiger partial charge in [-0.15, -0.1) is 4.83 Å². The molecule has 5 rings (SSSR count). The lowest BCUT2D eigenvalue weighted by Crippen LogP contribution is -2.64. The van der Waals surface area contributed by atoms with E-state index in [-0.39, 0.29) is 17.4 Å². The number of rotatable bonds is 3. The van der Waals surface area contributed by atoms with Crippen molar-refractivity contribution in [2.75, 3.05) is 6.26 Å². The Morgan fingerprint density at radius 2 is 1.88 bits per heavy atom. The van der Waals surface area contributed by atoms with Gasteiger partial charge in [-0.1, -0.05) is 50.1 Å². The summed E-state index contributed by atoms with van der Waals surface area (Å²) in [6.07, 6.45) is 11.4. The van der Waals surface area contributed by atoms with E-state index in [1.54, 1.807) is 12.1 Å². The first-order valence-corrected chi connectivity index (χ1v) is 14.1. The van der Waals surface area contributed by atoms with Crippen LogP contribution in [0.2, 0.25) is 5.02 Å². The van der Waals surface area contributed by atoms with Crippen LogP contribution in [0, 0.1) is 28.6 Å². The Hall–Kier alpha value is -1.37. The summed E-state index contributed by atoms with van der Waals surface area (Å²) in [6.45, 7) is 4.73. The molecule has 6 atom stereocenters. The van der Waals surface area contributed by atoms with Crippen molar-refractivity contribution in [2.45, 2.75) is 64.8 Å². The van der Waals surface area contributed by atoms with E-state index in [1.807, 2.05) is 12.1 Å². The maximum Gasteiger partial charge on any atom is 0.269 e. The highest BCUT2D eigenvalue weighted by molar-refractivity contribution is 7.88. The van der Waals surface area contributed by atoms with Gasteiger partial charge in [0, 0.05) is 16.0 Å². The zero-order valence-electron chi connectivity index (χ0n) is 19.1. The topological polar surface area (TPSA) is 66.5 Å². The molecule has 3 saturated carbocycles. The average molecular weight is 477 g/mol. The van der Waals surface area contributed by atoms with Gasteiger partial charge in [0.15, 0.2) is 0 Å². The van der Waals surface area contributed by atoms with Gasteiger partial charge in [-0.3, -0.25) is 9.80 Å². The number of carbonyl (C=O) groups is 1. The molecule has 1 amide bonds. The number of hydrogen-bond acceptors (Lipinski definition) is 3. The monoisotopic (exact) mass is 476 g/mol. The molecule has 0 radical (unpaired) electrons. The van der Waals surface area contributed by atoms with E-state index >= 15 is 0 Å². The highest BCUT2D eigenvalue weighted by atomic mass is 35.5. The predicted octanol–water partition coefficient (Wildman–Crippen LogP) is 5.03. The fourth-order valence-corrected chi connectivity index (χ4v) is 8.52. The lowest BCUT2D eigenvalue weighted by Gasteiger charge is -2.60. The summed E-state index contributed by atoms with van der Waals surface area (Å²) < 4.78 is 24.5. The van der Waals surface area contributed by atoms with Gasteiger partial charge < -0.3 is 0 Å². The van der Waals surface area contributed by atoms with E-state index in [2.05, 4.69) is 24.8 Å². The molecule has 5 nitrogen and oxygen atoms in total. The molecule has 1 unspecified atom stereocenters. The summed E-state index contributed by atoms with van der Waals surface area (Å²) in [7, 11) is -3.60. The number of nitrogens with zero attached hydrogens (tertiary/aromatic N) is 1. The smallest absolute Gasteiger partial charge is 0.268 e. The molecule has 0 bridgehead atoms. The molecular weight excluding hydrogens is 444 g/mol. The summed E-state index contributed by atoms with van der Waals surface area (Å²) in [5, 5.41) is 1.98. The zero-order chi connectivity index (χ0) is 22.9. The molecule has 1 heterocycles. The molecule has 3 fully saturated rings. The quantitative estimate of drug-likeness (QED) is 0.665. The number of carbonyl (C=O) groups excluding carboxylic acids is 1. The molecule has 0 spiro atoms. The van der Waals surface area contributed by atoms with E-state index in [1.165, 1.54) is 30.7 Å². The third kappa shape index (κ3) is 3.54. The molecule has 1 N–H and O–H groups in total. The molecule has 0 saturated heterocycles. The second-order valence-electron chi connectivity index (χ2n) is 11.0. The number of halogens is 1. The summed E-state index contributed by atoms with van der Waals surface area (Å²) >= 11 is 6.25. The average Bonchev–Trinajstić information content (AvgIpc) is 3.11. The minimum absolute atomic E-state index is 0.181. The molecule has 1 aromatic carbocycles. The Morgan fingerprint density at radius 1 is 1.09 bits per heavy atom. The zero-order valence-corrected chi connectivity index (χ0v) is 20.7. The van der Waals surface area contributed by atoms with Crippen LogP contribution in [0.3, 0.4) is 0 Å². The van der Waals surface area contributed by atoms with Gasteiger partial charge in [0.2, 0.25) is 10.0 Å². The first-order valence-electron chi connectivity index (χ1n) is 11.8. The number of amides is 1. The largest absolute Gasteiger partial charge is 0.269 e. The highest BCUT2D eigenvalue weighted by Gasteiger charge is 2.59. The first-order chi connectivity index (χ1) is 15.0. The molecule has 3 aliphatic carbocycles. The Morgan fingerprint density at radius 3 is 2.59 bits per heavy atom. The second kappa shape index (κ2) is 7.57. The third-order valence-electron chi connectivity index (χ3n) is 9.12. The number of sulfonamides is 1. The van der Waals surface area contributed by atoms with Crippen LogP contribution < -0.4 is 4.83 Å². The van der Waals surface area contributed by atoms with Gasteiger partial charge in [-0.2, -0.15) is 0 Å². The number of benzene rings is 1. The minimum atomic E-state index is -3.60. The lowest BCUT2D eigenvalue weighted by atomic mass is 9.48. The van der Waals surface area contributed by atoms with Gasteiger partial charge in [0.1, 0.15) is 0 Å². The van der Waals surface area contributed by atoms with Crippen molar-refractivity contribution >= 4 is 33.1 Å². The van der Waals surface area contributed by atoms with Crippen LogP contribution in [-0.2, 0) is 14.8 Å². The van der Waals surface area contributed by atoms with Crippen LogP contribution in [0.5, 0.6) is 0 Å². The van der Waals surface area contributed by atoms with Crippen molar-refractivity contribution in [1.29, 1.82) is 0 Å². The van der Waals surface area contributed by atoms with Crippen LogP contribution in [0.4, 0.5) is 0 Å². The van der Waals surface area contributed by atoms with Crippen LogP contribution in [0.1, 0.15) is 64.4 Å². The van der Waals surface area contributed by atoms with E-state index in [0.717, 1.165) is 37.0 Å². The third-order valence-corrected chi connectivity index (χ3v) is 9.89. The molecule has 7 heteroatoms. The van der Waals surface area contributed by atoms with Crippen LogP contribution >= 0.6 is 11.6 Å². The standard InChI is InChI=1S/C25H33ClN2O3S/c1-24-12-5-8-20(24)18-9-10-22-25(2,21(18)11-13-24)15-19(16-6-4-7-17(26)14-16)23(29)28(22)27-32(3,30)31/h4,6-7,14-15,18,20-22,27H,5,8-13H2,1-3H3/t18-,20-,21+,22?,24-,25+/m0/s1. The Bertz CT molecular complexity index is 1090.